The molecule has 0 radical (unpaired) electrons. The number of benzene rings is 2. The van der Waals surface area contributed by atoms with Gasteiger partial charge < -0.3 is 0 Å². The quantitative estimate of drug-likeness (QED) is 0.696. The van der Waals surface area contributed by atoms with Crippen molar-refractivity contribution in [3.05, 3.63) is 46.3 Å². The van der Waals surface area contributed by atoms with Crippen LogP contribution < -0.4 is 10.4 Å². The standard InChI is InChI=1S/C16H4F5N3/c17-14-9(8(5-22)6-23)1-2-11-10(14)3-4-12(15(11)18)13(7-24)16(19,20)21/h1-4H/b13-12+. The molecule has 0 atom stereocenters. The molecule has 0 aliphatic carbocycles. The van der Waals surface area contributed by atoms with Crippen LogP contribution in [-0.2, 0) is 0 Å². The lowest BCUT2D eigenvalue weighted by Crippen LogP contribution is -2.22. The summed E-state index contributed by atoms with van der Waals surface area (Å²) in [6, 6.07) is 7.21. The van der Waals surface area contributed by atoms with Crippen LogP contribution in [-0.4, -0.2) is 6.18 Å². The van der Waals surface area contributed by atoms with Crippen molar-refractivity contribution in [1.82, 2.24) is 0 Å². The molecule has 0 amide bonds. The highest BCUT2D eigenvalue weighted by molar-refractivity contribution is 5.87. The number of hydrogen-bond donors (Lipinski definition) is 0. The van der Waals surface area contributed by atoms with Crippen LogP contribution in [0, 0.1) is 45.6 Å². The molecule has 0 aliphatic rings. The van der Waals surface area contributed by atoms with E-state index in [1.165, 1.54) is 12.1 Å². The first-order valence-electron chi connectivity index (χ1n) is 6.19. The smallest absolute Gasteiger partial charge is 0.206 e. The van der Waals surface area contributed by atoms with Gasteiger partial charge in [0.1, 0.15) is 41.0 Å². The highest BCUT2D eigenvalue weighted by atomic mass is 19.4. The van der Waals surface area contributed by atoms with E-state index in [1.807, 2.05) is 0 Å². The average Bonchev–Trinajstić information content (AvgIpc) is 2.52. The van der Waals surface area contributed by atoms with Crippen LogP contribution in [0.2, 0.25) is 0 Å². The van der Waals surface area contributed by atoms with E-state index in [4.69, 9.17) is 15.8 Å². The van der Waals surface area contributed by atoms with E-state index in [0.29, 0.717) is 6.07 Å². The van der Waals surface area contributed by atoms with E-state index in [1.54, 1.807) is 0 Å². The van der Waals surface area contributed by atoms with Crippen molar-refractivity contribution >= 4 is 21.9 Å². The van der Waals surface area contributed by atoms with Gasteiger partial charge >= 0.3 is 6.18 Å². The predicted octanol–water partition coefficient (Wildman–Crippen LogP) is 2.55. The molecule has 24 heavy (non-hydrogen) atoms. The van der Waals surface area contributed by atoms with Crippen molar-refractivity contribution in [2.75, 3.05) is 0 Å². The van der Waals surface area contributed by atoms with Crippen molar-refractivity contribution in [1.29, 1.82) is 15.8 Å². The van der Waals surface area contributed by atoms with Crippen LogP contribution in [0.5, 0.6) is 0 Å². The molecule has 0 N–H and O–H groups in total. The Balaban J connectivity index is 3.04. The topological polar surface area (TPSA) is 71.4 Å². The van der Waals surface area contributed by atoms with Gasteiger partial charge in [-0.1, -0.05) is 12.1 Å². The van der Waals surface area contributed by atoms with E-state index in [2.05, 4.69) is 0 Å². The van der Waals surface area contributed by atoms with E-state index in [9.17, 15) is 22.0 Å². The molecule has 0 spiro atoms. The maximum absolute atomic E-state index is 14.3. The van der Waals surface area contributed by atoms with Crippen LogP contribution in [0.25, 0.3) is 21.9 Å². The van der Waals surface area contributed by atoms with Crippen LogP contribution in [0.4, 0.5) is 22.0 Å². The molecule has 0 aromatic heterocycles. The van der Waals surface area contributed by atoms with Crippen LogP contribution >= 0.6 is 0 Å². The SMILES string of the molecule is N#CC(C#N)=c1ccc2c(F)/c(=C(\C#N)C(F)(F)F)ccc2c1F. The van der Waals surface area contributed by atoms with Gasteiger partial charge in [-0.15, -0.1) is 0 Å². The van der Waals surface area contributed by atoms with E-state index in [0.717, 1.165) is 24.3 Å². The zero-order valence-corrected chi connectivity index (χ0v) is 11.5. The summed E-state index contributed by atoms with van der Waals surface area (Å²) in [5.74, 6) is -2.52. The number of hydrogen-bond acceptors (Lipinski definition) is 3. The van der Waals surface area contributed by atoms with Gasteiger partial charge in [0.05, 0.1) is 0 Å². The van der Waals surface area contributed by atoms with Gasteiger partial charge in [-0.25, -0.2) is 8.78 Å². The fraction of sp³-hybridized carbons (Fsp3) is 0.0625. The molecule has 0 saturated heterocycles. The Kier molecular flexibility index (Phi) is 4.22. The second kappa shape index (κ2) is 5.98. The van der Waals surface area contributed by atoms with Crippen molar-refractivity contribution in [2.45, 2.75) is 6.18 Å². The van der Waals surface area contributed by atoms with Gasteiger partial charge in [0.25, 0.3) is 0 Å². The minimum absolute atomic E-state index is 0.389. The summed E-state index contributed by atoms with van der Waals surface area (Å²) in [7, 11) is 0. The third-order valence-corrected chi connectivity index (χ3v) is 3.23. The minimum atomic E-state index is -5.07. The Bertz CT molecular complexity index is 1080. The van der Waals surface area contributed by atoms with Crippen LogP contribution in [0.1, 0.15) is 0 Å². The monoisotopic (exact) mass is 333 g/mol. The van der Waals surface area contributed by atoms with E-state index in [-0.39, 0.29) is 5.22 Å². The lowest BCUT2D eigenvalue weighted by molar-refractivity contribution is -0.0685. The number of fused-ring (bicyclic) bond motifs is 1. The van der Waals surface area contributed by atoms with Crippen molar-refractivity contribution in [3.63, 3.8) is 0 Å². The minimum Gasteiger partial charge on any atom is -0.206 e. The third kappa shape index (κ3) is 2.64. The number of rotatable bonds is 0. The molecule has 0 fully saturated rings. The second-order valence-electron chi connectivity index (χ2n) is 4.53. The number of nitriles is 3. The van der Waals surface area contributed by atoms with Gasteiger partial charge in [0, 0.05) is 21.2 Å². The van der Waals surface area contributed by atoms with Crippen molar-refractivity contribution in [3.8, 4) is 18.2 Å². The molecule has 3 nitrogen and oxygen atoms in total. The molecule has 2 rings (SSSR count). The maximum Gasteiger partial charge on any atom is 0.426 e. The van der Waals surface area contributed by atoms with E-state index < -0.39 is 44.9 Å². The summed E-state index contributed by atoms with van der Waals surface area (Å²) in [6.07, 6.45) is -5.07. The van der Waals surface area contributed by atoms with E-state index >= 15 is 0 Å². The first-order valence-corrected chi connectivity index (χ1v) is 6.19. The van der Waals surface area contributed by atoms with Gasteiger partial charge in [-0.2, -0.15) is 29.0 Å². The average molecular weight is 333 g/mol. The summed E-state index contributed by atoms with van der Waals surface area (Å²) in [6.45, 7) is 0. The fourth-order valence-corrected chi connectivity index (χ4v) is 2.14. The lowest BCUT2D eigenvalue weighted by atomic mass is 10.0. The predicted molar refractivity (Wildman–Crippen MR) is 72.8 cm³/mol. The van der Waals surface area contributed by atoms with Crippen molar-refractivity contribution < 1.29 is 22.0 Å². The molecule has 2 aromatic carbocycles. The van der Waals surface area contributed by atoms with Gasteiger partial charge in [-0.05, 0) is 12.1 Å². The maximum atomic E-state index is 14.3. The zero-order valence-electron chi connectivity index (χ0n) is 11.5. The molecular formula is C16H4F5N3. The highest BCUT2D eigenvalue weighted by Crippen LogP contribution is 2.26. The second-order valence-corrected chi connectivity index (χ2v) is 4.53. The van der Waals surface area contributed by atoms with Gasteiger partial charge in [0.15, 0.2) is 0 Å². The number of halogens is 5. The molecule has 8 heteroatoms. The number of alkyl halides is 3. The Morgan fingerprint density at radius 3 is 1.62 bits per heavy atom. The van der Waals surface area contributed by atoms with Gasteiger partial charge in [0.2, 0.25) is 0 Å². The lowest BCUT2D eigenvalue weighted by Gasteiger charge is -2.07. The van der Waals surface area contributed by atoms with Gasteiger partial charge in [-0.3, -0.25) is 0 Å². The Hall–Kier alpha value is -3.44. The highest BCUT2D eigenvalue weighted by Gasteiger charge is 2.35. The summed E-state index contributed by atoms with van der Waals surface area (Å²) in [4.78, 5) is 0. The molecule has 0 unspecified atom stereocenters. The zero-order chi connectivity index (χ0) is 18.1. The fourth-order valence-electron chi connectivity index (χ4n) is 2.14. The molecule has 0 heterocycles. The van der Waals surface area contributed by atoms with Crippen molar-refractivity contribution in [2.24, 2.45) is 0 Å². The van der Waals surface area contributed by atoms with Crippen LogP contribution in [0.3, 0.4) is 0 Å². The molecule has 0 aliphatic heterocycles. The summed E-state index contributed by atoms with van der Waals surface area (Å²) < 4.78 is 66.9. The molecule has 2 aromatic rings. The first kappa shape index (κ1) is 16.9. The summed E-state index contributed by atoms with van der Waals surface area (Å²) in [5.41, 5.74) is -2.30. The summed E-state index contributed by atoms with van der Waals surface area (Å²) >= 11 is 0. The summed E-state index contributed by atoms with van der Waals surface area (Å²) in [5, 5.41) is 23.8. The number of nitrogens with zero attached hydrogens (tertiary/aromatic N) is 3. The molecule has 0 bridgehead atoms. The largest absolute Gasteiger partial charge is 0.426 e. The molecule has 0 saturated carbocycles. The first-order chi connectivity index (χ1) is 11.3. The Labute approximate surface area is 131 Å². The van der Waals surface area contributed by atoms with Crippen LogP contribution in [0.15, 0.2) is 24.3 Å². The Morgan fingerprint density at radius 2 is 1.21 bits per heavy atom. The normalized spacial score (nSPS) is 12.1. The molecule has 118 valence electrons. The molecular weight excluding hydrogens is 329 g/mol. The Morgan fingerprint density at radius 1 is 0.750 bits per heavy atom. The third-order valence-electron chi connectivity index (χ3n) is 3.23.